The van der Waals surface area contributed by atoms with E-state index in [0.29, 0.717) is 33.1 Å². The fourth-order valence-electron chi connectivity index (χ4n) is 2.45. The van der Waals surface area contributed by atoms with Crippen molar-refractivity contribution in [3.8, 4) is 11.8 Å². The number of benzene rings is 1. The Bertz CT molecular complexity index is 1050. The van der Waals surface area contributed by atoms with Gasteiger partial charge in [-0.2, -0.15) is 0 Å². The molecule has 0 radical (unpaired) electrons. The van der Waals surface area contributed by atoms with Crippen molar-refractivity contribution in [2.24, 2.45) is 0 Å². The van der Waals surface area contributed by atoms with Crippen molar-refractivity contribution in [1.82, 2.24) is 20.3 Å². The number of carbonyl (C=O) groups excluding carboxylic acids is 1. The lowest BCUT2D eigenvalue weighted by Gasteiger charge is -2.12. The molecule has 0 unspecified atom stereocenters. The second-order valence-electron chi connectivity index (χ2n) is 5.90. The van der Waals surface area contributed by atoms with Gasteiger partial charge in [-0.1, -0.05) is 48.0 Å². The number of amides is 1. The minimum absolute atomic E-state index is 0.120. The Balaban J connectivity index is 1.67. The Morgan fingerprint density at radius 3 is 2.89 bits per heavy atom. The van der Waals surface area contributed by atoms with E-state index in [0.717, 1.165) is 6.42 Å². The van der Waals surface area contributed by atoms with Gasteiger partial charge in [0.2, 0.25) is 0 Å². The summed E-state index contributed by atoms with van der Waals surface area (Å²) in [6.07, 6.45) is 2.76. The molecule has 8 heteroatoms. The first-order valence-electron chi connectivity index (χ1n) is 8.33. The molecule has 1 aromatic carbocycles. The molecule has 27 heavy (non-hydrogen) atoms. The van der Waals surface area contributed by atoms with Gasteiger partial charge >= 0.3 is 0 Å². The number of para-hydroxylation sites is 1. The van der Waals surface area contributed by atoms with Crippen LogP contribution in [0.1, 0.15) is 35.9 Å². The second kappa shape index (κ2) is 8.30. The quantitative estimate of drug-likeness (QED) is 0.579. The number of hydrogen-bond donors (Lipinski definition) is 3. The summed E-state index contributed by atoms with van der Waals surface area (Å²) in [5.41, 5.74) is 7.54. The highest BCUT2D eigenvalue weighted by Gasteiger charge is 2.16. The smallest absolute Gasteiger partial charge is 0.287 e. The van der Waals surface area contributed by atoms with Crippen molar-refractivity contribution in [2.45, 2.75) is 25.8 Å². The van der Waals surface area contributed by atoms with Crippen molar-refractivity contribution in [1.29, 1.82) is 0 Å². The summed E-state index contributed by atoms with van der Waals surface area (Å²) in [5.74, 6) is 6.20. The Hall–Kier alpha value is -2.75. The number of nitrogens with zero attached hydrogens (tertiary/aromatic N) is 2. The zero-order chi connectivity index (χ0) is 19.4. The summed E-state index contributed by atoms with van der Waals surface area (Å²) in [6.45, 7) is 1.98. The maximum absolute atomic E-state index is 12.5. The number of H-pyrrole nitrogens is 1. The van der Waals surface area contributed by atoms with Gasteiger partial charge in [0.05, 0.1) is 15.6 Å². The van der Waals surface area contributed by atoms with Gasteiger partial charge in [-0.05, 0) is 24.6 Å². The third kappa shape index (κ3) is 4.51. The van der Waals surface area contributed by atoms with E-state index in [4.69, 9.17) is 28.9 Å². The highest BCUT2D eigenvalue weighted by Crippen LogP contribution is 2.21. The molecule has 4 N–H and O–H groups in total. The average Bonchev–Trinajstić information content (AvgIpc) is 3.09. The average molecular weight is 402 g/mol. The SMILES string of the molecule is CC[C@H](CC#Cc1cnc(N)c(Cl)c1)NC(=O)c1nc2c(Cl)cccc2[nH]1. The van der Waals surface area contributed by atoms with Crippen molar-refractivity contribution in [3.05, 3.63) is 51.9 Å². The van der Waals surface area contributed by atoms with Crippen molar-refractivity contribution in [3.63, 3.8) is 0 Å². The molecule has 0 aliphatic carbocycles. The van der Waals surface area contributed by atoms with Crippen LogP contribution in [-0.4, -0.2) is 26.9 Å². The second-order valence-corrected chi connectivity index (χ2v) is 6.71. The standard InChI is InChI=1S/C19H17Cl2N5O/c1-2-12(6-3-5-11-9-14(21)17(22)23-10-11)24-19(27)18-25-15-8-4-7-13(20)16(15)26-18/h4,7-10,12H,2,6H2,1H3,(H2,22,23)(H,24,27)(H,25,26)/t12-/m1/s1. The van der Waals surface area contributed by atoms with Gasteiger partial charge < -0.3 is 16.0 Å². The molecule has 1 atom stereocenters. The van der Waals surface area contributed by atoms with Crippen LogP contribution in [0.2, 0.25) is 10.0 Å². The molecule has 2 heterocycles. The van der Waals surface area contributed by atoms with Crippen LogP contribution >= 0.6 is 23.2 Å². The van der Waals surface area contributed by atoms with Crippen molar-refractivity contribution in [2.75, 3.05) is 5.73 Å². The zero-order valence-corrected chi connectivity index (χ0v) is 16.0. The molecule has 1 amide bonds. The number of nitrogens with one attached hydrogen (secondary N) is 2. The summed E-state index contributed by atoms with van der Waals surface area (Å²) in [4.78, 5) is 23.7. The number of nitrogen functional groups attached to an aromatic ring is 1. The van der Waals surface area contributed by atoms with Gasteiger partial charge in [0.25, 0.3) is 5.91 Å². The summed E-state index contributed by atoms with van der Waals surface area (Å²) >= 11 is 12.0. The van der Waals surface area contributed by atoms with E-state index in [1.54, 1.807) is 24.4 Å². The number of carbonyl (C=O) groups is 1. The Kier molecular flexibility index (Phi) is 5.84. The predicted molar refractivity (Wildman–Crippen MR) is 108 cm³/mol. The normalized spacial score (nSPS) is 11.7. The van der Waals surface area contributed by atoms with Crippen LogP contribution in [0.4, 0.5) is 5.82 Å². The molecule has 3 aromatic rings. The first-order valence-corrected chi connectivity index (χ1v) is 9.08. The number of halogens is 2. The number of imidazole rings is 1. The summed E-state index contributed by atoms with van der Waals surface area (Å²) in [7, 11) is 0. The largest absolute Gasteiger partial charge is 0.382 e. The van der Waals surface area contributed by atoms with Crippen molar-refractivity contribution >= 4 is 46.0 Å². The number of hydrogen-bond acceptors (Lipinski definition) is 4. The van der Waals surface area contributed by atoms with Crippen LogP contribution in [0.3, 0.4) is 0 Å². The maximum Gasteiger partial charge on any atom is 0.287 e. The van der Waals surface area contributed by atoms with Gasteiger partial charge in [-0.3, -0.25) is 4.79 Å². The van der Waals surface area contributed by atoms with E-state index in [2.05, 4.69) is 32.1 Å². The van der Waals surface area contributed by atoms with E-state index < -0.39 is 0 Å². The Morgan fingerprint density at radius 1 is 1.37 bits per heavy atom. The lowest BCUT2D eigenvalue weighted by molar-refractivity contribution is 0.0927. The van der Waals surface area contributed by atoms with E-state index in [9.17, 15) is 4.79 Å². The van der Waals surface area contributed by atoms with Crippen molar-refractivity contribution < 1.29 is 4.79 Å². The third-order valence-corrected chi connectivity index (χ3v) is 4.57. The molecule has 0 bridgehead atoms. The molecule has 0 saturated carbocycles. The third-order valence-electron chi connectivity index (χ3n) is 3.96. The minimum Gasteiger partial charge on any atom is -0.382 e. The van der Waals surface area contributed by atoms with Crippen LogP contribution in [-0.2, 0) is 0 Å². The number of fused-ring (bicyclic) bond motifs is 1. The predicted octanol–water partition coefficient (Wildman–Crippen LogP) is 3.80. The lowest BCUT2D eigenvalue weighted by Crippen LogP contribution is -2.34. The van der Waals surface area contributed by atoms with Crippen LogP contribution in [0.25, 0.3) is 11.0 Å². The molecule has 0 aliphatic heterocycles. The first-order chi connectivity index (χ1) is 13.0. The fraction of sp³-hybridized carbons (Fsp3) is 0.211. The number of aromatic amines is 1. The van der Waals surface area contributed by atoms with E-state index >= 15 is 0 Å². The lowest BCUT2D eigenvalue weighted by atomic mass is 10.1. The number of nitrogens with two attached hydrogens (primary N) is 1. The molecule has 0 aliphatic rings. The van der Waals surface area contributed by atoms with Crippen LogP contribution in [0, 0.1) is 11.8 Å². The summed E-state index contributed by atoms with van der Waals surface area (Å²) < 4.78 is 0. The van der Waals surface area contributed by atoms with Crippen LogP contribution in [0.15, 0.2) is 30.5 Å². The molecule has 2 aromatic heterocycles. The van der Waals surface area contributed by atoms with Crippen LogP contribution in [0.5, 0.6) is 0 Å². The monoisotopic (exact) mass is 401 g/mol. The number of anilines is 1. The van der Waals surface area contributed by atoms with Gasteiger partial charge in [-0.25, -0.2) is 9.97 Å². The topological polar surface area (TPSA) is 96.7 Å². The number of aromatic nitrogens is 3. The molecule has 6 nitrogen and oxygen atoms in total. The highest BCUT2D eigenvalue weighted by molar-refractivity contribution is 6.35. The van der Waals surface area contributed by atoms with Crippen LogP contribution < -0.4 is 11.1 Å². The molecule has 0 saturated heterocycles. The molecule has 0 spiro atoms. The molecular weight excluding hydrogens is 385 g/mol. The number of pyridine rings is 1. The summed E-state index contributed by atoms with van der Waals surface area (Å²) in [5, 5.41) is 3.79. The molecule has 0 fully saturated rings. The Morgan fingerprint density at radius 2 is 2.19 bits per heavy atom. The number of rotatable bonds is 4. The van der Waals surface area contributed by atoms with Gasteiger partial charge in [-0.15, -0.1) is 0 Å². The molecular formula is C19H17Cl2N5O. The molecule has 3 rings (SSSR count). The van der Waals surface area contributed by atoms with E-state index in [-0.39, 0.29) is 23.6 Å². The van der Waals surface area contributed by atoms with E-state index in [1.165, 1.54) is 0 Å². The van der Waals surface area contributed by atoms with Gasteiger partial charge in [0, 0.05) is 24.2 Å². The fourth-order valence-corrected chi connectivity index (χ4v) is 2.83. The molecule has 138 valence electrons. The van der Waals surface area contributed by atoms with Gasteiger partial charge in [0.15, 0.2) is 5.82 Å². The van der Waals surface area contributed by atoms with E-state index in [1.807, 2.05) is 13.0 Å². The maximum atomic E-state index is 12.5. The summed E-state index contributed by atoms with van der Waals surface area (Å²) in [6, 6.07) is 6.89. The van der Waals surface area contributed by atoms with Gasteiger partial charge in [0.1, 0.15) is 11.3 Å². The minimum atomic E-state index is -0.298. The first kappa shape index (κ1) is 19.0. The highest BCUT2D eigenvalue weighted by atomic mass is 35.5. The Labute approximate surface area is 166 Å². The zero-order valence-electron chi connectivity index (χ0n) is 14.5.